The first-order valence-corrected chi connectivity index (χ1v) is 13.4. The van der Waals surface area contributed by atoms with Gasteiger partial charge in [0.1, 0.15) is 0 Å². The quantitative estimate of drug-likeness (QED) is 0.489. The third-order valence-electron chi connectivity index (χ3n) is 7.87. The molecular formula is C31H39N3O. The molecule has 35 heavy (non-hydrogen) atoms. The summed E-state index contributed by atoms with van der Waals surface area (Å²) in [5.41, 5.74) is 3.93. The summed E-state index contributed by atoms with van der Waals surface area (Å²) in [4.78, 5) is 17.9. The van der Waals surface area contributed by atoms with Crippen LogP contribution in [0.2, 0.25) is 0 Å². The van der Waals surface area contributed by atoms with Gasteiger partial charge in [-0.2, -0.15) is 0 Å². The Morgan fingerprint density at radius 1 is 0.829 bits per heavy atom. The van der Waals surface area contributed by atoms with Crippen molar-refractivity contribution in [2.45, 2.75) is 52.2 Å². The Labute approximate surface area is 210 Å². The number of piperidine rings is 2. The predicted molar refractivity (Wildman–Crippen MR) is 144 cm³/mol. The summed E-state index contributed by atoms with van der Waals surface area (Å²) in [7, 11) is 0. The third-order valence-corrected chi connectivity index (χ3v) is 7.87. The van der Waals surface area contributed by atoms with Crippen LogP contribution in [-0.2, 0) is 24.4 Å². The SMILES string of the molecule is CC1CCCN(Cc2ccc(CNC(=O)C3CCN(Cc4cccc5ccccc45)CC3)cc2)C1. The molecule has 0 saturated carbocycles. The minimum Gasteiger partial charge on any atom is -0.352 e. The van der Waals surface area contributed by atoms with Crippen molar-refractivity contribution in [3.63, 3.8) is 0 Å². The fraction of sp³-hybridized carbons (Fsp3) is 0.452. The van der Waals surface area contributed by atoms with Crippen LogP contribution in [0.25, 0.3) is 10.8 Å². The number of fused-ring (bicyclic) bond motifs is 1. The molecule has 5 rings (SSSR count). The van der Waals surface area contributed by atoms with Gasteiger partial charge in [-0.15, -0.1) is 0 Å². The van der Waals surface area contributed by atoms with E-state index in [4.69, 9.17) is 0 Å². The van der Waals surface area contributed by atoms with Crippen molar-refractivity contribution in [3.8, 4) is 0 Å². The first-order valence-electron chi connectivity index (χ1n) is 13.4. The van der Waals surface area contributed by atoms with E-state index >= 15 is 0 Å². The Morgan fingerprint density at radius 2 is 1.57 bits per heavy atom. The molecule has 0 aliphatic carbocycles. The standard InChI is InChI=1S/C31H39N3O/c1-24-6-5-17-34(21-24)22-26-13-11-25(12-14-26)20-32-31(35)28-15-18-33(19-16-28)23-29-9-4-8-27-7-2-3-10-30(27)29/h2-4,7-14,24,28H,5-6,15-23H2,1H3,(H,32,35). The van der Waals surface area contributed by atoms with E-state index in [9.17, 15) is 4.79 Å². The Morgan fingerprint density at radius 3 is 2.37 bits per heavy atom. The van der Waals surface area contributed by atoms with Gasteiger partial charge in [0.15, 0.2) is 0 Å². The maximum atomic E-state index is 12.8. The normalized spacial score (nSPS) is 20.2. The molecule has 2 aliphatic heterocycles. The molecule has 0 spiro atoms. The van der Waals surface area contributed by atoms with Crippen LogP contribution in [0.15, 0.2) is 66.7 Å². The molecule has 4 heteroatoms. The second-order valence-electron chi connectivity index (χ2n) is 10.7. The molecule has 1 amide bonds. The van der Waals surface area contributed by atoms with Gasteiger partial charge in [0.2, 0.25) is 5.91 Å². The first-order chi connectivity index (χ1) is 17.1. The molecular weight excluding hydrogens is 430 g/mol. The molecule has 0 aromatic heterocycles. The zero-order valence-electron chi connectivity index (χ0n) is 21.1. The number of carbonyl (C=O) groups excluding carboxylic acids is 1. The first kappa shape index (κ1) is 24.0. The summed E-state index contributed by atoms with van der Waals surface area (Å²) < 4.78 is 0. The molecule has 1 unspecified atom stereocenters. The minimum absolute atomic E-state index is 0.124. The number of nitrogens with zero attached hydrogens (tertiary/aromatic N) is 2. The lowest BCUT2D eigenvalue weighted by Gasteiger charge is -2.31. The summed E-state index contributed by atoms with van der Waals surface area (Å²) >= 11 is 0. The van der Waals surface area contributed by atoms with E-state index in [0.29, 0.717) is 6.54 Å². The summed E-state index contributed by atoms with van der Waals surface area (Å²) in [5.74, 6) is 1.14. The van der Waals surface area contributed by atoms with Gasteiger partial charge in [-0.25, -0.2) is 0 Å². The number of nitrogens with one attached hydrogen (secondary N) is 1. The molecule has 1 atom stereocenters. The molecule has 3 aromatic carbocycles. The second-order valence-corrected chi connectivity index (χ2v) is 10.7. The Balaban J connectivity index is 1.06. The number of hydrogen-bond acceptors (Lipinski definition) is 3. The van der Waals surface area contributed by atoms with Crippen LogP contribution < -0.4 is 5.32 Å². The van der Waals surface area contributed by atoms with Crippen molar-refractivity contribution in [1.29, 1.82) is 0 Å². The maximum Gasteiger partial charge on any atom is 0.223 e. The van der Waals surface area contributed by atoms with Gasteiger partial charge in [-0.05, 0) is 78.7 Å². The summed E-state index contributed by atoms with van der Waals surface area (Å²) in [6, 6.07) is 24.0. The van der Waals surface area contributed by atoms with Crippen molar-refractivity contribution in [2.24, 2.45) is 11.8 Å². The largest absolute Gasteiger partial charge is 0.352 e. The van der Waals surface area contributed by atoms with E-state index in [0.717, 1.165) is 44.9 Å². The Bertz CT molecular complexity index is 1110. The monoisotopic (exact) mass is 469 g/mol. The van der Waals surface area contributed by atoms with Gasteiger partial charge < -0.3 is 5.32 Å². The van der Waals surface area contributed by atoms with E-state index in [1.165, 1.54) is 53.4 Å². The number of rotatable bonds is 7. The van der Waals surface area contributed by atoms with Crippen LogP contribution in [0.5, 0.6) is 0 Å². The summed E-state index contributed by atoms with van der Waals surface area (Å²) in [6.07, 6.45) is 4.54. The van der Waals surface area contributed by atoms with E-state index < -0.39 is 0 Å². The molecule has 1 N–H and O–H groups in total. The van der Waals surface area contributed by atoms with E-state index in [2.05, 4.69) is 88.8 Å². The van der Waals surface area contributed by atoms with Gasteiger partial charge in [0.25, 0.3) is 0 Å². The van der Waals surface area contributed by atoms with Gasteiger partial charge >= 0.3 is 0 Å². The molecule has 2 aliphatic rings. The van der Waals surface area contributed by atoms with Crippen LogP contribution >= 0.6 is 0 Å². The second kappa shape index (κ2) is 11.4. The zero-order chi connectivity index (χ0) is 24.0. The van der Waals surface area contributed by atoms with E-state index in [-0.39, 0.29) is 11.8 Å². The highest BCUT2D eigenvalue weighted by Crippen LogP contribution is 2.24. The van der Waals surface area contributed by atoms with Crippen LogP contribution in [0.1, 0.15) is 49.3 Å². The van der Waals surface area contributed by atoms with Crippen molar-refractivity contribution in [3.05, 3.63) is 83.4 Å². The van der Waals surface area contributed by atoms with Gasteiger partial charge in [-0.1, -0.05) is 73.7 Å². The lowest BCUT2D eigenvalue weighted by Crippen LogP contribution is -2.40. The van der Waals surface area contributed by atoms with Crippen LogP contribution in [0.4, 0.5) is 0 Å². The highest BCUT2D eigenvalue weighted by Gasteiger charge is 2.25. The van der Waals surface area contributed by atoms with Crippen molar-refractivity contribution in [1.82, 2.24) is 15.1 Å². The van der Waals surface area contributed by atoms with Gasteiger partial charge in [0, 0.05) is 32.1 Å². The summed E-state index contributed by atoms with van der Waals surface area (Å²) in [6.45, 7) is 9.34. The lowest BCUT2D eigenvalue weighted by molar-refractivity contribution is -0.126. The predicted octanol–water partition coefficient (Wildman–Crippen LogP) is 5.60. The molecule has 2 fully saturated rings. The minimum atomic E-state index is 0.124. The molecule has 184 valence electrons. The zero-order valence-corrected chi connectivity index (χ0v) is 21.1. The summed E-state index contributed by atoms with van der Waals surface area (Å²) in [5, 5.41) is 5.83. The average Bonchev–Trinajstić information content (AvgIpc) is 2.89. The molecule has 0 bridgehead atoms. The fourth-order valence-corrected chi connectivity index (χ4v) is 5.81. The number of hydrogen-bond donors (Lipinski definition) is 1. The smallest absolute Gasteiger partial charge is 0.223 e. The Hall–Kier alpha value is -2.69. The molecule has 4 nitrogen and oxygen atoms in total. The van der Waals surface area contributed by atoms with Crippen LogP contribution in [0, 0.1) is 11.8 Å². The molecule has 2 heterocycles. The average molecular weight is 470 g/mol. The molecule has 0 radical (unpaired) electrons. The van der Waals surface area contributed by atoms with Crippen LogP contribution in [-0.4, -0.2) is 41.9 Å². The highest BCUT2D eigenvalue weighted by atomic mass is 16.1. The van der Waals surface area contributed by atoms with Gasteiger partial charge in [0.05, 0.1) is 0 Å². The van der Waals surface area contributed by atoms with E-state index in [1.807, 2.05) is 0 Å². The van der Waals surface area contributed by atoms with Crippen molar-refractivity contribution in [2.75, 3.05) is 26.2 Å². The van der Waals surface area contributed by atoms with Crippen molar-refractivity contribution >= 4 is 16.7 Å². The Kier molecular flexibility index (Phi) is 7.80. The highest BCUT2D eigenvalue weighted by molar-refractivity contribution is 5.85. The van der Waals surface area contributed by atoms with E-state index in [1.54, 1.807) is 0 Å². The number of carbonyl (C=O) groups is 1. The maximum absolute atomic E-state index is 12.8. The third kappa shape index (κ3) is 6.31. The molecule has 3 aromatic rings. The molecule has 2 saturated heterocycles. The number of amides is 1. The van der Waals surface area contributed by atoms with Crippen LogP contribution in [0.3, 0.4) is 0 Å². The number of likely N-dealkylation sites (tertiary alicyclic amines) is 2. The fourth-order valence-electron chi connectivity index (χ4n) is 5.81. The van der Waals surface area contributed by atoms with Crippen molar-refractivity contribution < 1.29 is 4.79 Å². The lowest BCUT2D eigenvalue weighted by atomic mass is 9.95. The number of benzene rings is 3. The van der Waals surface area contributed by atoms with Gasteiger partial charge in [-0.3, -0.25) is 14.6 Å². The topological polar surface area (TPSA) is 35.6 Å².